The normalized spacial score (nSPS) is 12.2. The monoisotopic (exact) mass is 364 g/mol. The van der Waals surface area contributed by atoms with E-state index in [4.69, 9.17) is 4.42 Å². The quantitative estimate of drug-likeness (QED) is 0.542. The van der Waals surface area contributed by atoms with Gasteiger partial charge >= 0.3 is 5.91 Å². The van der Waals surface area contributed by atoms with Crippen LogP contribution in [0, 0.1) is 6.92 Å². The molecule has 0 unspecified atom stereocenters. The van der Waals surface area contributed by atoms with E-state index in [1.54, 1.807) is 24.3 Å². The zero-order chi connectivity index (χ0) is 18.3. The van der Waals surface area contributed by atoms with Crippen molar-refractivity contribution in [2.45, 2.75) is 20.4 Å². The largest absolute Gasteiger partial charge is 0.451 e. The highest BCUT2D eigenvalue weighted by molar-refractivity contribution is 7.16. The highest BCUT2D eigenvalue weighted by Gasteiger charge is 2.13. The number of fused-ring (bicyclic) bond motifs is 2. The maximum atomic E-state index is 12.6. The molecule has 130 valence electrons. The number of carbonyl (C=O) groups is 1. The lowest BCUT2D eigenvalue weighted by Crippen LogP contribution is -2.16. The second-order valence-electron chi connectivity index (χ2n) is 5.99. The van der Waals surface area contributed by atoms with Gasteiger partial charge in [-0.1, -0.05) is 29.5 Å². The molecule has 0 radical (unpaired) electrons. The maximum absolute atomic E-state index is 12.6. The van der Waals surface area contributed by atoms with Gasteiger partial charge in [0.15, 0.2) is 16.0 Å². The van der Waals surface area contributed by atoms with Crippen molar-refractivity contribution in [1.29, 1.82) is 0 Å². The Hall–Kier alpha value is -2.99. The molecule has 2 aromatic heterocycles. The standard InChI is InChI=1S/C20H16N2O3S/c1-3-22-14-9-8-12(2)10-18(14)26-20(22)21-19(24)17-11-15(23)13-6-4-5-7-16(13)25-17/h4-11H,3H2,1-2H3. The number of benzene rings is 2. The number of hydrogen-bond donors (Lipinski definition) is 0. The van der Waals surface area contributed by atoms with Crippen molar-refractivity contribution < 1.29 is 9.21 Å². The second-order valence-corrected chi connectivity index (χ2v) is 7.00. The van der Waals surface area contributed by atoms with Crippen LogP contribution in [0.15, 0.2) is 62.7 Å². The number of thiazole rings is 1. The molecule has 0 aliphatic heterocycles. The predicted molar refractivity (Wildman–Crippen MR) is 103 cm³/mol. The number of carbonyl (C=O) groups excluding carboxylic acids is 1. The predicted octanol–water partition coefficient (Wildman–Crippen LogP) is 3.88. The minimum atomic E-state index is -0.557. The first-order valence-corrected chi connectivity index (χ1v) is 9.10. The van der Waals surface area contributed by atoms with Gasteiger partial charge in [-0.05, 0) is 43.7 Å². The fourth-order valence-corrected chi connectivity index (χ4v) is 4.11. The molecule has 4 aromatic rings. The molecule has 0 N–H and O–H groups in total. The van der Waals surface area contributed by atoms with E-state index in [-0.39, 0.29) is 11.2 Å². The molecular formula is C20H16N2O3S. The molecule has 6 heteroatoms. The summed E-state index contributed by atoms with van der Waals surface area (Å²) in [5.74, 6) is -0.608. The van der Waals surface area contributed by atoms with Gasteiger partial charge < -0.3 is 8.98 Å². The Bertz CT molecular complexity index is 1280. The third-order valence-electron chi connectivity index (χ3n) is 4.20. The van der Waals surface area contributed by atoms with Crippen LogP contribution in [0.3, 0.4) is 0 Å². The topological polar surface area (TPSA) is 64.6 Å². The van der Waals surface area contributed by atoms with Crippen molar-refractivity contribution in [3.63, 3.8) is 0 Å². The second kappa shape index (κ2) is 6.38. The van der Waals surface area contributed by atoms with Crippen LogP contribution in [0.1, 0.15) is 23.0 Å². The first kappa shape index (κ1) is 16.5. The van der Waals surface area contributed by atoms with Crippen molar-refractivity contribution in [2.75, 3.05) is 0 Å². The molecule has 0 fully saturated rings. The lowest BCUT2D eigenvalue weighted by atomic mass is 10.2. The van der Waals surface area contributed by atoms with E-state index < -0.39 is 5.91 Å². The first-order chi connectivity index (χ1) is 12.6. The molecular weight excluding hydrogens is 348 g/mol. The molecule has 0 saturated carbocycles. The van der Waals surface area contributed by atoms with E-state index in [0.717, 1.165) is 15.8 Å². The van der Waals surface area contributed by atoms with Gasteiger partial charge in [0.05, 0.1) is 15.6 Å². The average molecular weight is 364 g/mol. The highest BCUT2D eigenvalue weighted by Crippen LogP contribution is 2.19. The lowest BCUT2D eigenvalue weighted by molar-refractivity contribution is 0.0972. The number of nitrogens with zero attached hydrogens (tertiary/aromatic N) is 2. The smallest absolute Gasteiger partial charge is 0.315 e. The van der Waals surface area contributed by atoms with Gasteiger partial charge in [0.1, 0.15) is 5.58 Å². The van der Waals surface area contributed by atoms with Crippen molar-refractivity contribution in [3.8, 4) is 0 Å². The zero-order valence-electron chi connectivity index (χ0n) is 14.4. The lowest BCUT2D eigenvalue weighted by Gasteiger charge is -2.01. The van der Waals surface area contributed by atoms with Gasteiger partial charge in [-0.15, -0.1) is 0 Å². The molecule has 5 nitrogen and oxygen atoms in total. The van der Waals surface area contributed by atoms with Crippen LogP contribution in [0.2, 0.25) is 0 Å². The number of hydrogen-bond acceptors (Lipinski definition) is 4. The van der Waals surface area contributed by atoms with Crippen LogP contribution >= 0.6 is 11.3 Å². The Morgan fingerprint density at radius 1 is 1.19 bits per heavy atom. The number of aryl methyl sites for hydroxylation is 2. The Morgan fingerprint density at radius 3 is 2.81 bits per heavy atom. The summed E-state index contributed by atoms with van der Waals surface area (Å²) in [6, 6.07) is 14.2. The van der Waals surface area contributed by atoms with E-state index in [1.807, 2.05) is 30.5 Å². The van der Waals surface area contributed by atoms with Gasteiger partial charge in [-0.3, -0.25) is 9.59 Å². The number of para-hydroxylation sites is 1. The molecule has 4 rings (SSSR count). The summed E-state index contributed by atoms with van der Waals surface area (Å²) in [6.07, 6.45) is 0. The third-order valence-corrected chi connectivity index (χ3v) is 5.24. The van der Waals surface area contributed by atoms with Crippen molar-refractivity contribution in [2.24, 2.45) is 4.99 Å². The molecule has 0 spiro atoms. The van der Waals surface area contributed by atoms with Gasteiger partial charge in [-0.25, -0.2) is 0 Å². The van der Waals surface area contributed by atoms with E-state index >= 15 is 0 Å². The Kier molecular flexibility index (Phi) is 4.05. The number of aromatic nitrogens is 1. The molecule has 1 amide bonds. The molecule has 0 aliphatic rings. The van der Waals surface area contributed by atoms with Crippen LogP contribution < -0.4 is 10.2 Å². The number of amides is 1. The van der Waals surface area contributed by atoms with Gasteiger partial charge in [0.25, 0.3) is 0 Å². The average Bonchev–Trinajstić information content (AvgIpc) is 2.97. The minimum Gasteiger partial charge on any atom is -0.451 e. The summed E-state index contributed by atoms with van der Waals surface area (Å²) >= 11 is 1.45. The molecule has 2 aromatic carbocycles. The van der Waals surface area contributed by atoms with E-state index in [1.165, 1.54) is 17.4 Å². The van der Waals surface area contributed by atoms with Crippen LogP contribution in [-0.2, 0) is 6.54 Å². The Labute approximate surface area is 152 Å². The molecule has 0 bridgehead atoms. The highest BCUT2D eigenvalue weighted by atomic mass is 32.1. The van der Waals surface area contributed by atoms with Crippen LogP contribution in [-0.4, -0.2) is 10.5 Å². The first-order valence-electron chi connectivity index (χ1n) is 8.29. The van der Waals surface area contributed by atoms with Crippen molar-refractivity contribution in [1.82, 2.24) is 4.57 Å². The van der Waals surface area contributed by atoms with E-state index in [0.29, 0.717) is 22.3 Å². The molecule has 2 heterocycles. The molecule has 26 heavy (non-hydrogen) atoms. The van der Waals surface area contributed by atoms with Crippen molar-refractivity contribution in [3.05, 3.63) is 74.9 Å². The fraction of sp³-hybridized carbons (Fsp3) is 0.150. The number of rotatable bonds is 2. The SMILES string of the molecule is CCn1c(=NC(=O)c2cc(=O)c3ccccc3o2)sc2cc(C)ccc21. The van der Waals surface area contributed by atoms with Crippen LogP contribution in [0.25, 0.3) is 21.2 Å². The van der Waals surface area contributed by atoms with Gasteiger partial charge in [-0.2, -0.15) is 4.99 Å². The fourth-order valence-electron chi connectivity index (χ4n) is 2.92. The van der Waals surface area contributed by atoms with Gasteiger partial charge in [0, 0.05) is 12.6 Å². The zero-order valence-corrected chi connectivity index (χ0v) is 15.2. The summed E-state index contributed by atoms with van der Waals surface area (Å²) in [6.45, 7) is 4.73. The summed E-state index contributed by atoms with van der Waals surface area (Å²) in [5, 5.41) is 0.449. The summed E-state index contributed by atoms with van der Waals surface area (Å²) in [7, 11) is 0. The van der Waals surface area contributed by atoms with Gasteiger partial charge in [0.2, 0.25) is 0 Å². The van der Waals surface area contributed by atoms with Crippen LogP contribution in [0.5, 0.6) is 0 Å². The summed E-state index contributed by atoms with van der Waals surface area (Å²) in [5.41, 5.74) is 2.32. The third kappa shape index (κ3) is 2.78. The Balaban J connectivity index is 1.87. The molecule has 0 aliphatic carbocycles. The van der Waals surface area contributed by atoms with Crippen LogP contribution in [0.4, 0.5) is 0 Å². The van der Waals surface area contributed by atoms with Crippen molar-refractivity contribution >= 4 is 38.4 Å². The minimum absolute atomic E-state index is 0.0509. The maximum Gasteiger partial charge on any atom is 0.315 e. The van der Waals surface area contributed by atoms with E-state index in [2.05, 4.69) is 11.1 Å². The molecule has 0 atom stereocenters. The van der Waals surface area contributed by atoms with E-state index in [9.17, 15) is 9.59 Å². The summed E-state index contributed by atoms with van der Waals surface area (Å²) < 4.78 is 8.65. The molecule has 0 saturated heterocycles. The Morgan fingerprint density at radius 2 is 2.00 bits per heavy atom. The summed E-state index contributed by atoms with van der Waals surface area (Å²) in [4.78, 5) is 29.6.